The third kappa shape index (κ3) is 5.58. The van der Waals surface area contributed by atoms with E-state index in [2.05, 4.69) is 5.32 Å². The standard InChI is InChI=1S/C26H23FN2O2/c1-3-19-8-4-5-10-25(19)29-26(30)22(17-28)15-20-11-12-24(31-2)16-21(20)13-18-7-6-9-23(27)14-18/h4-12,14-16H,3,13H2,1-2H3,(H,29,30)/b22-15+. The SMILES string of the molecule is CCc1ccccc1NC(=O)/C(C#N)=C/c1ccc(OC)cc1Cc1cccc(F)c1. The van der Waals surface area contributed by atoms with Gasteiger partial charge in [0.05, 0.1) is 7.11 Å². The number of nitriles is 1. The molecule has 0 heterocycles. The van der Waals surface area contributed by atoms with Gasteiger partial charge in [0, 0.05) is 5.69 Å². The second kappa shape index (κ2) is 10.2. The number of benzene rings is 3. The van der Waals surface area contributed by atoms with Crippen molar-refractivity contribution in [1.29, 1.82) is 5.26 Å². The lowest BCUT2D eigenvalue weighted by molar-refractivity contribution is -0.112. The van der Waals surface area contributed by atoms with Gasteiger partial charge < -0.3 is 10.1 Å². The van der Waals surface area contributed by atoms with Crippen molar-refractivity contribution in [2.75, 3.05) is 12.4 Å². The number of anilines is 1. The smallest absolute Gasteiger partial charge is 0.266 e. The Morgan fingerprint density at radius 2 is 1.90 bits per heavy atom. The molecule has 0 aromatic heterocycles. The van der Waals surface area contributed by atoms with Crippen molar-refractivity contribution < 1.29 is 13.9 Å². The van der Waals surface area contributed by atoms with Gasteiger partial charge in [-0.05, 0) is 71.5 Å². The average molecular weight is 414 g/mol. The molecule has 0 spiro atoms. The van der Waals surface area contributed by atoms with Gasteiger partial charge in [0.25, 0.3) is 5.91 Å². The van der Waals surface area contributed by atoms with Gasteiger partial charge in [-0.1, -0.05) is 43.3 Å². The molecule has 0 unspecified atom stereocenters. The number of ether oxygens (including phenoxy) is 1. The first kappa shape index (κ1) is 21.8. The van der Waals surface area contributed by atoms with Gasteiger partial charge >= 0.3 is 0 Å². The molecule has 0 fully saturated rings. The van der Waals surface area contributed by atoms with Gasteiger partial charge in [0.2, 0.25) is 0 Å². The number of rotatable bonds is 7. The van der Waals surface area contributed by atoms with Crippen LogP contribution in [0.5, 0.6) is 5.75 Å². The van der Waals surface area contributed by atoms with Crippen molar-refractivity contribution in [3.63, 3.8) is 0 Å². The first-order valence-corrected chi connectivity index (χ1v) is 9.96. The molecule has 1 amide bonds. The third-order valence-corrected chi connectivity index (χ3v) is 4.95. The summed E-state index contributed by atoms with van der Waals surface area (Å²) in [6, 6.07) is 21.2. The van der Waals surface area contributed by atoms with Crippen LogP contribution < -0.4 is 10.1 Å². The van der Waals surface area contributed by atoms with Crippen LogP contribution >= 0.6 is 0 Å². The van der Waals surface area contributed by atoms with Crippen LogP contribution in [0.2, 0.25) is 0 Å². The number of carbonyl (C=O) groups excluding carboxylic acids is 1. The van der Waals surface area contributed by atoms with Gasteiger partial charge in [-0.25, -0.2) is 4.39 Å². The van der Waals surface area contributed by atoms with Gasteiger partial charge in [-0.15, -0.1) is 0 Å². The fraction of sp³-hybridized carbons (Fsp3) is 0.154. The Morgan fingerprint density at radius 3 is 2.61 bits per heavy atom. The van der Waals surface area contributed by atoms with Crippen LogP contribution in [0.4, 0.5) is 10.1 Å². The molecule has 1 N–H and O–H groups in total. The number of methoxy groups -OCH3 is 1. The molecular formula is C26H23FN2O2. The van der Waals surface area contributed by atoms with E-state index in [0.717, 1.165) is 23.1 Å². The molecule has 3 aromatic carbocycles. The lowest BCUT2D eigenvalue weighted by Gasteiger charge is -2.11. The molecule has 0 atom stereocenters. The Balaban J connectivity index is 1.94. The third-order valence-electron chi connectivity index (χ3n) is 4.95. The monoisotopic (exact) mass is 414 g/mol. The second-order valence-corrected chi connectivity index (χ2v) is 7.01. The van der Waals surface area contributed by atoms with Crippen LogP contribution in [0, 0.1) is 17.1 Å². The fourth-order valence-corrected chi connectivity index (χ4v) is 3.31. The Bertz CT molecular complexity index is 1160. The summed E-state index contributed by atoms with van der Waals surface area (Å²) in [6.45, 7) is 2.00. The second-order valence-electron chi connectivity index (χ2n) is 7.01. The molecule has 0 aliphatic heterocycles. The molecule has 5 heteroatoms. The van der Waals surface area contributed by atoms with E-state index in [9.17, 15) is 14.4 Å². The first-order chi connectivity index (χ1) is 15.0. The number of carbonyl (C=O) groups is 1. The summed E-state index contributed by atoms with van der Waals surface area (Å²) in [6.07, 6.45) is 2.75. The highest BCUT2D eigenvalue weighted by molar-refractivity contribution is 6.10. The van der Waals surface area contributed by atoms with E-state index < -0.39 is 5.91 Å². The van der Waals surface area contributed by atoms with Crippen molar-refractivity contribution >= 4 is 17.7 Å². The number of aryl methyl sites for hydroxylation is 1. The fourth-order valence-electron chi connectivity index (χ4n) is 3.31. The molecular weight excluding hydrogens is 391 g/mol. The van der Waals surface area contributed by atoms with Gasteiger partial charge in [-0.2, -0.15) is 5.26 Å². The topological polar surface area (TPSA) is 62.1 Å². The number of nitrogens with zero attached hydrogens (tertiary/aromatic N) is 1. The van der Waals surface area contributed by atoms with Crippen LogP contribution in [0.3, 0.4) is 0 Å². The lowest BCUT2D eigenvalue weighted by Crippen LogP contribution is -2.14. The van der Waals surface area contributed by atoms with Gasteiger partial charge in [0.15, 0.2) is 0 Å². The Morgan fingerprint density at radius 1 is 1.10 bits per heavy atom. The summed E-state index contributed by atoms with van der Waals surface area (Å²) in [5.41, 5.74) is 3.95. The maximum atomic E-state index is 13.6. The van der Waals surface area contributed by atoms with Crippen LogP contribution in [-0.4, -0.2) is 13.0 Å². The average Bonchev–Trinajstić information content (AvgIpc) is 2.78. The van der Waals surface area contributed by atoms with Crippen molar-refractivity contribution in [2.45, 2.75) is 19.8 Å². The number of hydrogen-bond donors (Lipinski definition) is 1. The molecule has 31 heavy (non-hydrogen) atoms. The maximum Gasteiger partial charge on any atom is 0.266 e. The molecule has 0 saturated carbocycles. The minimum Gasteiger partial charge on any atom is -0.497 e. The van der Waals surface area contributed by atoms with E-state index in [1.54, 1.807) is 31.4 Å². The number of halogens is 1. The minimum atomic E-state index is -0.476. The summed E-state index contributed by atoms with van der Waals surface area (Å²) < 4.78 is 18.9. The summed E-state index contributed by atoms with van der Waals surface area (Å²) in [4.78, 5) is 12.8. The molecule has 4 nitrogen and oxygen atoms in total. The van der Waals surface area contributed by atoms with E-state index >= 15 is 0 Å². The van der Waals surface area contributed by atoms with Crippen LogP contribution in [0.25, 0.3) is 6.08 Å². The molecule has 0 aliphatic rings. The zero-order chi connectivity index (χ0) is 22.2. The first-order valence-electron chi connectivity index (χ1n) is 9.96. The molecule has 0 radical (unpaired) electrons. The van der Waals surface area contributed by atoms with Crippen LogP contribution in [-0.2, 0) is 17.6 Å². The number of amides is 1. The molecule has 3 aromatic rings. The zero-order valence-electron chi connectivity index (χ0n) is 17.5. The van der Waals surface area contributed by atoms with Crippen molar-refractivity contribution in [1.82, 2.24) is 0 Å². The van der Waals surface area contributed by atoms with E-state index in [-0.39, 0.29) is 11.4 Å². The quantitative estimate of drug-likeness (QED) is 0.408. The normalized spacial score (nSPS) is 11.0. The highest BCUT2D eigenvalue weighted by atomic mass is 19.1. The number of nitrogens with one attached hydrogen (secondary N) is 1. The summed E-state index contributed by atoms with van der Waals surface area (Å²) in [5.74, 6) is -0.150. The number of hydrogen-bond acceptors (Lipinski definition) is 3. The van der Waals surface area contributed by atoms with E-state index in [4.69, 9.17) is 4.74 Å². The van der Waals surface area contributed by atoms with Crippen LogP contribution in [0.1, 0.15) is 29.2 Å². The largest absolute Gasteiger partial charge is 0.497 e. The van der Waals surface area contributed by atoms with Gasteiger partial charge in [-0.3, -0.25) is 4.79 Å². The molecule has 156 valence electrons. The van der Waals surface area contributed by atoms with Crippen molar-refractivity contribution in [3.05, 3.63) is 100 Å². The molecule has 0 aliphatic carbocycles. The molecule has 0 saturated heterocycles. The van der Waals surface area contributed by atoms with E-state index in [1.807, 2.05) is 49.4 Å². The lowest BCUT2D eigenvalue weighted by atomic mass is 9.97. The van der Waals surface area contributed by atoms with E-state index in [0.29, 0.717) is 23.4 Å². The minimum absolute atomic E-state index is 0.0171. The maximum absolute atomic E-state index is 13.6. The summed E-state index contributed by atoms with van der Waals surface area (Å²) in [7, 11) is 1.57. The highest BCUT2D eigenvalue weighted by Gasteiger charge is 2.13. The van der Waals surface area contributed by atoms with Crippen LogP contribution in [0.15, 0.2) is 72.3 Å². The Labute approximate surface area is 181 Å². The van der Waals surface area contributed by atoms with E-state index in [1.165, 1.54) is 12.1 Å². The predicted octanol–water partition coefficient (Wildman–Crippen LogP) is 5.53. The Hall–Kier alpha value is -3.91. The summed E-state index contributed by atoms with van der Waals surface area (Å²) >= 11 is 0. The van der Waals surface area contributed by atoms with Crippen molar-refractivity contribution in [3.8, 4) is 11.8 Å². The zero-order valence-corrected chi connectivity index (χ0v) is 17.5. The number of para-hydroxylation sites is 1. The Kier molecular flexibility index (Phi) is 7.18. The predicted molar refractivity (Wildman–Crippen MR) is 120 cm³/mol. The molecule has 0 bridgehead atoms. The molecule has 3 rings (SSSR count). The van der Waals surface area contributed by atoms with Gasteiger partial charge in [0.1, 0.15) is 23.2 Å². The van der Waals surface area contributed by atoms with Crippen molar-refractivity contribution in [2.24, 2.45) is 0 Å². The highest BCUT2D eigenvalue weighted by Crippen LogP contribution is 2.24. The summed E-state index contributed by atoms with van der Waals surface area (Å²) in [5, 5.41) is 12.5.